The van der Waals surface area contributed by atoms with Crippen molar-refractivity contribution in [1.29, 1.82) is 0 Å². The Morgan fingerprint density at radius 1 is 0.917 bits per heavy atom. The number of hydrogen-bond acceptors (Lipinski definition) is 4. The Balaban J connectivity index is 1.63. The lowest BCUT2D eigenvalue weighted by Crippen LogP contribution is -2.48. The van der Waals surface area contributed by atoms with E-state index in [2.05, 4.69) is 23.7 Å². The van der Waals surface area contributed by atoms with Gasteiger partial charge in [0.2, 0.25) is 0 Å². The minimum atomic E-state index is -0.896. The molecule has 1 aliphatic rings. The van der Waals surface area contributed by atoms with E-state index in [9.17, 15) is 19.1 Å². The number of aromatic nitrogens is 1. The number of hydrogen-bond donors (Lipinski definition) is 2. The van der Waals surface area contributed by atoms with Crippen LogP contribution in [0.1, 0.15) is 82.8 Å². The van der Waals surface area contributed by atoms with Gasteiger partial charge >= 0.3 is 5.97 Å². The molecular weight excluding hydrogens is 607 g/mol. The summed E-state index contributed by atoms with van der Waals surface area (Å²) in [5.74, 6) is -2.39. The van der Waals surface area contributed by atoms with E-state index in [0.29, 0.717) is 30.6 Å². The van der Waals surface area contributed by atoms with Crippen LogP contribution in [0.15, 0.2) is 84.9 Å². The van der Waals surface area contributed by atoms with Crippen molar-refractivity contribution < 1.29 is 28.6 Å². The molecule has 1 aliphatic heterocycles. The molecule has 0 aliphatic carbocycles. The van der Waals surface area contributed by atoms with E-state index < -0.39 is 11.8 Å². The lowest BCUT2D eigenvalue weighted by molar-refractivity contribution is -0.311. The minimum Gasteiger partial charge on any atom is -0.481 e. The first kappa shape index (κ1) is 35.0. The van der Waals surface area contributed by atoms with Crippen LogP contribution in [0.5, 0.6) is 0 Å². The van der Waals surface area contributed by atoms with Crippen LogP contribution in [0, 0.1) is 17.7 Å². The first-order valence-electron chi connectivity index (χ1n) is 16.9. The summed E-state index contributed by atoms with van der Waals surface area (Å²) in [5, 5.41) is 12.8. The number of carboxylic acid groups (broad SMARTS) is 1. The van der Waals surface area contributed by atoms with Crippen molar-refractivity contribution in [3.8, 4) is 22.4 Å². The van der Waals surface area contributed by atoms with E-state index in [4.69, 9.17) is 9.47 Å². The number of nitrogens with zero attached hydrogens (tertiary/aromatic N) is 1. The number of rotatable bonds is 12. The molecule has 2 N–H and O–H groups in total. The van der Waals surface area contributed by atoms with Crippen molar-refractivity contribution in [3.05, 3.63) is 102 Å². The zero-order valence-corrected chi connectivity index (χ0v) is 28.7. The largest absolute Gasteiger partial charge is 0.481 e. The van der Waals surface area contributed by atoms with Crippen LogP contribution in [0.2, 0.25) is 0 Å². The molecule has 48 heavy (non-hydrogen) atoms. The molecule has 7 nitrogen and oxygen atoms in total. The third-order valence-corrected chi connectivity index (χ3v) is 9.09. The normalized spacial score (nSPS) is 18.2. The fourth-order valence-corrected chi connectivity index (χ4v) is 7.07. The van der Waals surface area contributed by atoms with Gasteiger partial charge in [0.15, 0.2) is 5.79 Å². The van der Waals surface area contributed by atoms with Gasteiger partial charge in [-0.15, -0.1) is 0 Å². The summed E-state index contributed by atoms with van der Waals surface area (Å²) < 4.78 is 29.3. The van der Waals surface area contributed by atoms with E-state index in [1.54, 1.807) is 12.1 Å². The van der Waals surface area contributed by atoms with Gasteiger partial charge in [-0.3, -0.25) is 9.59 Å². The fourth-order valence-electron chi connectivity index (χ4n) is 7.07. The highest BCUT2D eigenvalue weighted by atomic mass is 19.1. The number of para-hydroxylation sites is 1. The van der Waals surface area contributed by atoms with Crippen molar-refractivity contribution in [1.82, 2.24) is 4.57 Å². The van der Waals surface area contributed by atoms with Crippen molar-refractivity contribution in [3.63, 3.8) is 0 Å². The Bertz CT molecular complexity index is 1700. The van der Waals surface area contributed by atoms with Crippen LogP contribution in [-0.4, -0.2) is 39.5 Å². The number of carbonyl (C=O) groups is 2. The molecule has 0 bridgehead atoms. The summed E-state index contributed by atoms with van der Waals surface area (Å²) >= 11 is 0. The Kier molecular flexibility index (Phi) is 10.9. The lowest BCUT2D eigenvalue weighted by atomic mass is 9.83. The smallest absolute Gasteiger partial charge is 0.303 e. The lowest BCUT2D eigenvalue weighted by Gasteiger charge is -2.44. The third-order valence-electron chi connectivity index (χ3n) is 9.09. The standard InChI is InChI=1S/C40H47FN2O5/c1-25(2)32(24-34(44)45)33-23-31(47-40(5,6)48-33)21-22-43-37(26(3)4)36(39(46)42-30-15-11-8-12-16-30)35(27-13-9-7-10-14-27)38(43)28-17-19-29(41)20-18-28/h7-20,25-26,31-33H,21-24H2,1-6H3,(H,42,46)(H,44,45)/t31-,32?,33-/m1/s1. The van der Waals surface area contributed by atoms with Gasteiger partial charge in [0.1, 0.15) is 5.82 Å². The summed E-state index contributed by atoms with van der Waals surface area (Å²) in [5.41, 5.74) is 5.43. The van der Waals surface area contributed by atoms with Crippen LogP contribution >= 0.6 is 0 Å². The summed E-state index contributed by atoms with van der Waals surface area (Å²) in [6.07, 6.45) is 0.663. The van der Waals surface area contributed by atoms with E-state index in [-0.39, 0.29) is 48.1 Å². The maximum atomic E-state index is 14.4. The molecule has 1 saturated heterocycles. The second kappa shape index (κ2) is 14.9. The fraction of sp³-hybridized carbons (Fsp3) is 0.400. The quantitative estimate of drug-likeness (QED) is 0.159. The Hall–Kier alpha value is -4.27. The number of ether oxygens (including phenoxy) is 2. The number of halogens is 1. The van der Waals surface area contributed by atoms with Crippen molar-refractivity contribution >= 4 is 17.6 Å². The highest BCUT2D eigenvalue weighted by molar-refractivity contribution is 6.12. The molecular formula is C40H47FN2O5. The summed E-state index contributed by atoms with van der Waals surface area (Å²) in [4.78, 5) is 26.2. The van der Waals surface area contributed by atoms with Gasteiger partial charge in [-0.2, -0.15) is 0 Å². The van der Waals surface area contributed by atoms with Crippen LogP contribution in [-0.2, 0) is 20.8 Å². The van der Waals surface area contributed by atoms with E-state index in [0.717, 1.165) is 28.1 Å². The first-order valence-corrected chi connectivity index (χ1v) is 16.9. The van der Waals surface area contributed by atoms with Crippen molar-refractivity contribution in [2.75, 3.05) is 5.32 Å². The van der Waals surface area contributed by atoms with E-state index >= 15 is 0 Å². The highest BCUT2D eigenvalue weighted by Crippen LogP contribution is 2.43. The Morgan fingerprint density at radius 2 is 1.54 bits per heavy atom. The van der Waals surface area contributed by atoms with Gasteiger partial charge in [0.05, 0.1) is 29.9 Å². The predicted octanol–water partition coefficient (Wildman–Crippen LogP) is 9.38. The monoisotopic (exact) mass is 654 g/mol. The Labute approximate surface area is 283 Å². The SMILES string of the molecule is CC(C)c1c(C(=O)Nc2ccccc2)c(-c2ccccc2)c(-c2ccc(F)cc2)n1CC[C@@H]1C[C@H](C(CC(=O)O)C(C)C)OC(C)(C)O1. The third kappa shape index (κ3) is 8.05. The average molecular weight is 655 g/mol. The number of carbonyl (C=O) groups excluding carboxylic acids is 1. The van der Waals surface area contributed by atoms with Gasteiger partial charge in [0, 0.05) is 29.9 Å². The number of nitrogens with one attached hydrogen (secondary N) is 1. The minimum absolute atomic E-state index is 0.0231. The molecule has 0 saturated carbocycles. The van der Waals surface area contributed by atoms with Gasteiger partial charge in [-0.1, -0.05) is 76.2 Å². The van der Waals surface area contributed by atoms with E-state index in [1.165, 1.54) is 12.1 Å². The number of benzene rings is 3. The second-order valence-corrected chi connectivity index (χ2v) is 13.8. The molecule has 8 heteroatoms. The Morgan fingerprint density at radius 3 is 2.12 bits per heavy atom. The van der Waals surface area contributed by atoms with Crippen LogP contribution in [0.4, 0.5) is 10.1 Å². The molecule has 1 unspecified atom stereocenters. The molecule has 0 spiro atoms. The molecule has 254 valence electrons. The maximum Gasteiger partial charge on any atom is 0.303 e. The number of amides is 1. The van der Waals surface area contributed by atoms with Crippen LogP contribution < -0.4 is 5.32 Å². The highest BCUT2D eigenvalue weighted by Gasteiger charge is 2.41. The first-order chi connectivity index (χ1) is 22.8. The molecule has 4 aromatic rings. The molecule has 3 aromatic carbocycles. The predicted molar refractivity (Wildman–Crippen MR) is 187 cm³/mol. The number of aliphatic carboxylic acids is 1. The van der Waals surface area contributed by atoms with Crippen LogP contribution in [0.3, 0.4) is 0 Å². The summed E-state index contributed by atoms with van der Waals surface area (Å²) in [7, 11) is 0. The molecule has 3 atom stereocenters. The maximum absolute atomic E-state index is 14.4. The molecule has 1 amide bonds. The van der Waals surface area contributed by atoms with Gasteiger partial charge in [-0.05, 0) is 85.5 Å². The number of carboxylic acids is 1. The zero-order chi connectivity index (χ0) is 34.6. The second-order valence-electron chi connectivity index (χ2n) is 13.8. The number of anilines is 1. The molecule has 1 fully saturated rings. The van der Waals surface area contributed by atoms with Crippen molar-refractivity contribution in [2.45, 2.75) is 91.3 Å². The topological polar surface area (TPSA) is 89.8 Å². The van der Waals surface area contributed by atoms with Gasteiger partial charge in [-0.25, -0.2) is 4.39 Å². The van der Waals surface area contributed by atoms with Crippen LogP contribution in [0.25, 0.3) is 22.4 Å². The molecule has 0 radical (unpaired) electrons. The zero-order valence-electron chi connectivity index (χ0n) is 28.7. The van der Waals surface area contributed by atoms with Crippen molar-refractivity contribution in [2.24, 2.45) is 11.8 Å². The van der Waals surface area contributed by atoms with Gasteiger partial charge < -0.3 is 24.5 Å². The summed E-state index contributed by atoms with van der Waals surface area (Å²) in [6.45, 7) is 12.5. The summed E-state index contributed by atoms with van der Waals surface area (Å²) in [6, 6.07) is 25.7. The molecule has 1 aromatic heterocycles. The van der Waals surface area contributed by atoms with Gasteiger partial charge in [0.25, 0.3) is 5.91 Å². The van der Waals surface area contributed by atoms with E-state index in [1.807, 2.05) is 88.4 Å². The molecule has 5 rings (SSSR count). The molecule has 2 heterocycles. The average Bonchev–Trinajstić information content (AvgIpc) is 3.38.